The lowest BCUT2D eigenvalue weighted by Crippen LogP contribution is -2.26. The minimum atomic E-state index is -0.0340. The monoisotopic (exact) mass is 328 g/mol. The molecule has 0 bridgehead atoms. The lowest BCUT2D eigenvalue weighted by molar-refractivity contribution is 0.0946. The Bertz CT molecular complexity index is 805. The normalized spacial score (nSPS) is 10.9. The van der Waals surface area contributed by atoms with Crippen molar-refractivity contribution in [2.45, 2.75) is 20.4 Å². The Labute approximate surface area is 139 Å². The molecule has 0 unspecified atom stereocenters. The zero-order valence-electron chi connectivity index (χ0n) is 13.3. The van der Waals surface area contributed by atoms with Gasteiger partial charge in [0.05, 0.1) is 16.8 Å². The van der Waals surface area contributed by atoms with Crippen LogP contribution < -0.4 is 10.1 Å². The average molecular weight is 328 g/mol. The number of nitrogens with one attached hydrogen (secondary N) is 1. The van der Waals surface area contributed by atoms with Gasteiger partial charge in [-0.2, -0.15) is 0 Å². The maximum Gasteiger partial charge on any atom is 0.267 e. The number of aryl methyl sites for hydroxylation is 1. The fraction of sp³-hybridized carbons (Fsp3) is 0.278. The van der Waals surface area contributed by atoms with Gasteiger partial charge in [-0.25, -0.2) is 0 Å². The second kappa shape index (κ2) is 6.87. The molecule has 0 aliphatic rings. The van der Waals surface area contributed by atoms with Crippen LogP contribution in [-0.2, 0) is 6.54 Å². The lowest BCUT2D eigenvalue weighted by atomic mass is 10.3. The van der Waals surface area contributed by atoms with E-state index in [2.05, 4.69) is 18.3 Å². The molecule has 23 heavy (non-hydrogen) atoms. The van der Waals surface area contributed by atoms with Crippen molar-refractivity contribution in [2.75, 3.05) is 13.2 Å². The summed E-state index contributed by atoms with van der Waals surface area (Å²) in [5, 5.41) is 2.88. The largest absolute Gasteiger partial charge is 0.492 e. The van der Waals surface area contributed by atoms with Gasteiger partial charge in [0.15, 0.2) is 0 Å². The van der Waals surface area contributed by atoms with Gasteiger partial charge in [0.25, 0.3) is 5.91 Å². The van der Waals surface area contributed by atoms with Gasteiger partial charge in [-0.1, -0.05) is 18.2 Å². The summed E-state index contributed by atoms with van der Waals surface area (Å²) in [4.78, 5) is 13.5. The Morgan fingerprint density at radius 2 is 2.04 bits per heavy atom. The molecule has 1 aromatic carbocycles. The van der Waals surface area contributed by atoms with Crippen LogP contribution in [0.1, 0.15) is 22.3 Å². The van der Waals surface area contributed by atoms with Crippen LogP contribution >= 0.6 is 11.3 Å². The van der Waals surface area contributed by atoms with E-state index >= 15 is 0 Å². The highest BCUT2D eigenvalue weighted by atomic mass is 32.1. The first kappa shape index (κ1) is 15.6. The van der Waals surface area contributed by atoms with Gasteiger partial charge in [0.2, 0.25) is 0 Å². The van der Waals surface area contributed by atoms with Gasteiger partial charge >= 0.3 is 0 Å². The minimum absolute atomic E-state index is 0.0340. The van der Waals surface area contributed by atoms with Crippen molar-refractivity contribution in [3.63, 3.8) is 0 Å². The molecule has 2 aromatic heterocycles. The smallest absolute Gasteiger partial charge is 0.267 e. The van der Waals surface area contributed by atoms with Crippen molar-refractivity contribution in [1.82, 2.24) is 9.88 Å². The molecule has 2 heterocycles. The summed E-state index contributed by atoms with van der Waals surface area (Å²) in [6.07, 6.45) is 0. The molecule has 3 rings (SSSR count). The van der Waals surface area contributed by atoms with E-state index in [1.54, 1.807) is 11.3 Å². The SMILES string of the molecule is CCNC(=O)c1cc2sc(C)cc2n1CCOc1ccccc1. The Morgan fingerprint density at radius 1 is 1.26 bits per heavy atom. The maximum absolute atomic E-state index is 12.3. The number of rotatable bonds is 6. The van der Waals surface area contributed by atoms with Crippen LogP contribution in [0.2, 0.25) is 0 Å². The van der Waals surface area contributed by atoms with Crippen LogP contribution in [0.15, 0.2) is 42.5 Å². The second-order valence-electron chi connectivity index (χ2n) is 5.31. The highest BCUT2D eigenvalue weighted by molar-refractivity contribution is 7.19. The third-order valence-corrected chi connectivity index (χ3v) is 4.60. The Hall–Kier alpha value is -2.27. The summed E-state index contributed by atoms with van der Waals surface area (Å²) in [6, 6.07) is 13.8. The second-order valence-corrected chi connectivity index (χ2v) is 6.60. The number of amides is 1. The zero-order chi connectivity index (χ0) is 16.2. The Kier molecular flexibility index (Phi) is 4.67. The molecule has 0 aliphatic carbocycles. The number of carbonyl (C=O) groups excluding carboxylic acids is 1. The molecule has 3 aromatic rings. The molecule has 0 saturated carbocycles. The van der Waals surface area contributed by atoms with Crippen molar-refractivity contribution in [2.24, 2.45) is 0 Å². The van der Waals surface area contributed by atoms with E-state index in [-0.39, 0.29) is 5.91 Å². The molecule has 120 valence electrons. The van der Waals surface area contributed by atoms with Gasteiger partial charge in [-0.3, -0.25) is 4.79 Å². The van der Waals surface area contributed by atoms with Crippen LogP contribution in [0, 0.1) is 6.92 Å². The van der Waals surface area contributed by atoms with Crippen LogP contribution in [-0.4, -0.2) is 23.6 Å². The molecule has 0 saturated heterocycles. The number of para-hydroxylation sites is 1. The molecule has 0 fully saturated rings. The summed E-state index contributed by atoms with van der Waals surface area (Å²) in [5.41, 5.74) is 1.80. The number of benzene rings is 1. The lowest BCUT2D eigenvalue weighted by Gasteiger charge is -2.11. The first-order chi connectivity index (χ1) is 11.2. The topological polar surface area (TPSA) is 43.3 Å². The molecule has 4 nitrogen and oxygen atoms in total. The summed E-state index contributed by atoms with van der Waals surface area (Å²) < 4.78 is 8.97. The molecule has 1 amide bonds. The number of nitrogens with zero attached hydrogens (tertiary/aromatic N) is 1. The van der Waals surface area contributed by atoms with Gasteiger partial charge in [0.1, 0.15) is 18.1 Å². The van der Waals surface area contributed by atoms with Crippen LogP contribution in [0.4, 0.5) is 0 Å². The van der Waals surface area contributed by atoms with E-state index in [0.29, 0.717) is 25.4 Å². The van der Waals surface area contributed by atoms with Crippen LogP contribution in [0.5, 0.6) is 5.75 Å². The van der Waals surface area contributed by atoms with Crippen molar-refractivity contribution < 1.29 is 9.53 Å². The highest BCUT2D eigenvalue weighted by Crippen LogP contribution is 2.28. The van der Waals surface area contributed by atoms with Crippen molar-refractivity contribution >= 4 is 27.5 Å². The Balaban J connectivity index is 1.82. The number of hydrogen-bond donors (Lipinski definition) is 1. The number of thiophene rings is 1. The van der Waals surface area contributed by atoms with Gasteiger partial charge < -0.3 is 14.6 Å². The molecular weight excluding hydrogens is 308 g/mol. The number of ether oxygens (including phenoxy) is 1. The summed E-state index contributed by atoms with van der Waals surface area (Å²) >= 11 is 1.71. The highest BCUT2D eigenvalue weighted by Gasteiger charge is 2.16. The maximum atomic E-state index is 12.3. The van der Waals surface area contributed by atoms with E-state index < -0.39 is 0 Å². The number of carbonyl (C=O) groups is 1. The summed E-state index contributed by atoms with van der Waals surface area (Å²) in [7, 11) is 0. The summed E-state index contributed by atoms with van der Waals surface area (Å²) in [6.45, 7) is 5.80. The average Bonchev–Trinajstić information content (AvgIpc) is 3.06. The number of fused-ring (bicyclic) bond motifs is 1. The molecule has 1 N–H and O–H groups in total. The molecule has 0 aliphatic heterocycles. The third-order valence-electron chi connectivity index (χ3n) is 3.61. The molecule has 5 heteroatoms. The number of aromatic nitrogens is 1. The van der Waals surface area contributed by atoms with Crippen LogP contribution in [0.25, 0.3) is 10.2 Å². The standard InChI is InChI=1S/C18H20N2O2S/c1-3-19-18(21)16-12-17-15(11-13(2)23-17)20(16)9-10-22-14-7-5-4-6-8-14/h4-8,11-12H,3,9-10H2,1-2H3,(H,19,21). The Morgan fingerprint density at radius 3 is 2.78 bits per heavy atom. The van der Waals surface area contributed by atoms with E-state index in [9.17, 15) is 4.79 Å². The predicted molar refractivity (Wildman–Crippen MR) is 94.5 cm³/mol. The van der Waals surface area contributed by atoms with E-state index in [0.717, 1.165) is 16.0 Å². The van der Waals surface area contributed by atoms with Gasteiger partial charge in [-0.05, 0) is 38.1 Å². The first-order valence-electron chi connectivity index (χ1n) is 7.74. The quantitative estimate of drug-likeness (QED) is 0.747. The van der Waals surface area contributed by atoms with E-state index in [1.807, 2.05) is 47.9 Å². The van der Waals surface area contributed by atoms with E-state index in [4.69, 9.17) is 4.74 Å². The predicted octanol–water partition coefficient (Wildman–Crippen LogP) is 3.84. The minimum Gasteiger partial charge on any atom is -0.492 e. The van der Waals surface area contributed by atoms with Crippen molar-refractivity contribution in [3.05, 3.63) is 53.0 Å². The van der Waals surface area contributed by atoms with Crippen molar-refractivity contribution in [1.29, 1.82) is 0 Å². The molecular formula is C18H20N2O2S. The van der Waals surface area contributed by atoms with Gasteiger partial charge in [-0.15, -0.1) is 11.3 Å². The fourth-order valence-corrected chi connectivity index (χ4v) is 3.58. The summed E-state index contributed by atoms with van der Waals surface area (Å²) in [5.74, 6) is 0.810. The van der Waals surface area contributed by atoms with Crippen LogP contribution in [0.3, 0.4) is 0 Å². The number of hydrogen-bond acceptors (Lipinski definition) is 3. The molecule has 0 radical (unpaired) electrons. The first-order valence-corrected chi connectivity index (χ1v) is 8.56. The van der Waals surface area contributed by atoms with Crippen molar-refractivity contribution in [3.8, 4) is 5.75 Å². The zero-order valence-corrected chi connectivity index (χ0v) is 14.2. The molecule has 0 atom stereocenters. The molecule has 0 spiro atoms. The van der Waals surface area contributed by atoms with E-state index in [1.165, 1.54) is 4.88 Å². The third kappa shape index (κ3) is 3.40. The van der Waals surface area contributed by atoms with Gasteiger partial charge in [0, 0.05) is 11.4 Å². The fourth-order valence-electron chi connectivity index (χ4n) is 2.62.